The number of nitrogens with zero attached hydrogens (tertiary/aromatic N) is 2. The first kappa shape index (κ1) is 15.9. The molecule has 0 spiro atoms. The topological polar surface area (TPSA) is 40.6 Å². The normalized spacial score (nSPS) is 16.4. The van der Waals surface area contributed by atoms with E-state index in [0.29, 0.717) is 18.5 Å². The number of fused-ring (bicyclic) bond motifs is 1. The third-order valence-electron chi connectivity index (χ3n) is 5.25. The molecular formula is C21H22N2O2. The van der Waals surface area contributed by atoms with Crippen LogP contribution in [0.2, 0.25) is 0 Å². The van der Waals surface area contributed by atoms with Gasteiger partial charge < -0.3 is 9.80 Å². The number of likely N-dealkylation sites (tertiary alicyclic amines) is 1. The van der Waals surface area contributed by atoms with Crippen LogP contribution in [-0.2, 0) is 17.8 Å². The fourth-order valence-electron chi connectivity index (χ4n) is 3.82. The summed E-state index contributed by atoms with van der Waals surface area (Å²) < 4.78 is 0. The summed E-state index contributed by atoms with van der Waals surface area (Å²) in [7, 11) is 0. The average Bonchev–Trinajstić information content (AvgIpc) is 3.23. The fraction of sp³-hybridized carbons (Fsp3) is 0.333. The molecule has 0 aliphatic carbocycles. The van der Waals surface area contributed by atoms with Crippen LogP contribution in [0.1, 0.15) is 39.9 Å². The fourth-order valence-corrected chi connectivity index (χ4v) is 3.82. The smallest absolute Gasteiger partial charge is 0.258 e. The highest BCUT2D eigenvalue weighted by molar-refractivity contribution is 6.07. The van der Waals surface area contributed by atoms with Crippen LogP contribution < -0.4 is 4.90 Å². The van der Waals surface area contributed by atoms with Gasteiger partial charge in [-0.15, -0.1) is 0 Å². The Kier molecular flexibility index (Phi) is 4.04. The number of aryl methyl sites for hydroxylation is 1. The van der Waals surface area contributed by atoms with E-state index in [4.69, 9.17) is 0 Å². The summed E-state index contributed by atoms with van der Waals surface area (Å²) >= 11 is 0. The Morgan fingerprint density at radius 1 is 1.04 bits per heavy atom. The van der Waals surface area contributed by atoms with Crippen molar-refractivity contribution < 1.29 is 9.59 Å². The van der Waals surface area contributed by atoms with E-state index in [1.54, 1.807) is 0 Å². The van der Waals surface area contributed by atoms with E-state index in [1.165, 1.54) is 11.1 Å². The summed E-state index contributed by atoms with van der Waals surface area (Å²) in [5, 5.41) is 0. The molecule has 4 rings (SSSR count). The Labute approximate surface area is 148 Å². The van der Waals surface area contributed by atoms with Gasteiger partial charge in [0.15, 0.2) is 0 Å². The van der Waals surface area contributed by atoms with E-state index in [1.807, 2.05) is 46.2 Å². The third-order valence-corrected chi connectivity index (χ3v) is 5.25. The highest BCUT2D eigenvalue weighted by Gasteiger charge is 2.26. The Hall–Kier alpha value is -2.62. The molecule has 0 unspecified atom stereocenters. The Bertz CT molecular complexity index is 826. The molecule has 2 aliphatic rings. The van der Waals surface area contributed by atoms with Gasteiger partial charge in [-0.1, -0.05) is 24.3 Å². The van der Waals surface area contributed by atoms with Crippen LogP contribution >= 0.6 is 0 Å². The molecule has 0 saturated carbocycles. The Balaban J connectivity index is 1.50. The number of hydrogen-bond acceptors (Lipinski definition) is 2. The van der Waals surface area contributed by atoms with Crippen molar-refractivity contribution >= 4 is 17.5 Å². The maximum Gasteiger partial charge on any atom is 0.258 e. The zero-order valence-electron chi connectivity index (χ0n) is 14.5. The number of amides is 2. The lowest BCUT2D eigenvalue weighted by molar-refractivity contribution is -0.128. The van der Waals surface area contributed by atoms with Crippen molar-refractivity contribution in [2.45, 2.75) is 32.7 Å². The van der Waals surface area contributed by atoms with Crippen molar-refractivity contribution in [2.75, 3.05) is 18.0 Å². The molecule has 0 radical (unpaired) electrons. The molecule has 1 fully saturated rings. The lowest BCUT2D eigenvalue weighted by atomic mass is 10.1. The lowest BCUT2D eigenvalue weighted by Gasteiger charge is -2.19. The predicted molar refractivity (Wildman–Crippen MR) is 97.7 cm³/mol. The van der Waals surface area contributed by atoms with E-state index in [-0.39, 0.29) is 11.8 Å². The molecule has 0 N–H and O–H groups in total. The van der Waals surface area contributed by atoms with Crippen molar-refractivity contribution in [3.05, 3.63) is 64.7 Å². The van der Waals surface area contributed by atoms with Crippen LogP contribution in [0.15, 0.2) is 42.5 Å². The van der Waals surface area contributed by atoms with Crippen LogP contribution in [-0.4, -0.2) is 29.8 Å². The van der Waals surface area contributed by atoms with Crippen molar-refractivity contribution in [1.82, 2.24) is 4.90 Å². The van der Waals surface area contributed by atoms with E-state index >= 15 is 0 Å². The Morgan fingerprint density at radius 3 is 2.56 bits per heavy atom. The van der Waals surface area contributed by atoms with Crippen LogP contribution in [0.5, 0.6) is 0 Å². The minimum atomic E-state index is 0.0492. The van der Waals surface area contributed by atoms with Crippen molar-refractivity contribution in [3.63, 3.8) is 0 Å². The van der Waals surface area contributed by atoms with Gasteiger partial charge in [0.05, 0.1) is 0 Å². The average molecular weight is 334 g/mol. The molecule has 2 aliphatic heterocycles. The molecule has 2 aromatic carbocycles. The Morgan fingerprint density at radius 2 is 1.84 bits per heavy atom. The van der Waals surface area contributed by atoms with Gasteiger partial charge in [-0.3, -0.25) is 9.59 Å². The largest absolute Gasteiger partial charge is 0.338 e. The molecule has 4 heteroatoms. The van der Waals surface area contributed by atoms with Crippen LogP contribution in [0.3, 0.4) is 0 Å². The van der Waals surface area contributed by atoms with Crippen LogP contribution in [0.25, 0.3) is 0 Å². The molecule has 4 nitrogen and oxygen atoms in total. The molecule has 0 atom stereocenters. The molecule has 1 saturated heterocycles. The molecule has 25 heavy (non-hydrogen) atoms. The van der Waals surface area contributed by atoms with Gasteiger partial charge in [0.2, 0.25) is 5.91 Å². The molecule has 2 heterocycles. The maximum atomic E-state index is 12.9. The highest BCUT2D eigenvalue weighted by Crippen LogP contribution is 2.31. The first-order valence-corrected chi connectivity index (χ1v) is 8.90. The molecule has 0 aromatic heterocycles. The molecule has 128 valence electrons. The molecule has 2 aromatic rings. The SMILES string of the molecule is Cc1cccc2c1CCN2C(=O)c1ccc(CN2CCCC2=O)cc1. The van der Waals surface area contributed by atoms with E-state index in [0.717, 1.165) is 37.2 Å². The molecule has 2 amide bonds. The van der Waals surface area contributed by atoms with E-state index in [9.17, 15) is 9.59 Å². The number of carbonyl (C=O) groups is 2. The predicted octanol–water partition coefficient (Wildman–Crippen LogP) is 3.32. The highest BCUT2D eigenvalue weighted by atomic mass is 16.2. The van der Waals surface area contributed by atoms with Gasteiger partial charge in [-0.05, 0) is 54.7 Å². The van der Waals surface area contributed by atoms with Gasteiger partial charge in [0, 0.05) is 37.3 Å². The zero-order chi connectivity index (χ0) is 17.4. The summed E-state index contributed by atoms with van der Waals surface area (Å²) in [5.41, 5.74) is 5.34. The number of hydrogen-bond donors (Lipinski definition) is 0. The van der Waals surface area contributed by atoms with Gasteiger partial charge >= 0.3 is 0 Å². The molecular weight excluding hydrogens is 312 g/mol. The summed E-state index contributed by atoms with van der Waals surface area (Å²) in [6.45, 7) is 4.31. The first-order valence-electron chi connectivity index (χ1n) is 8.90. The van der Waals surface area contributed by atoms with Gasteiger partial charge in [0.25, 0.3) is 5.91 Å². The number of rotatable bonds is 3. The van der Waals surface area contributed by atoms with Crippen molar-refractivity contribution in [1.29, 1.82) is 0 Å². The van der Waals surface area contributed by atoms with Crippen molar-refractivity contribution in [3.8, 4) is 0 Å². The first-order chi connectivity index (χ1) is 12.1. The molecule has 0 bridgehead atoms. The van der Waals surface area contributed by atoms with Gasteiger partial charge in [-0.25, -0.2) is 0 Å². The third kappa shape index (κ3) is 2.93. The van der Waals surface area contributed by atoms with Gasteiger partial charge in [-0.2, -0.15) is 0 Å². The number of benzene rings is 2. The van der Waals surface area contributed by atoms with E-state index < -0.39 is 0 Å². The lowest BCUT2D eigenvalue weighted by Crippen LogP contribution is -2.29. The van der Waals surface area contributed by atoms with Crippen LogP contribution in [0, 0.1) is 6.92 Å². The second kappa shape index (κ2) is 6.36. The standard InChI is InChI=1S/C21H22N2O2/c1-15-4-2-5-19-18(15)11-13-23(19)21(25)17-9-7-16(8-10-17)14-22-12-3-6-20(22)24/h2,4-5,7-10H,3,6,11-14H2,1H3. The summed E-state index contributed by atoms with van der Waals surface area (Å²) in [6.07, 6.45) is 2.52. The van der Waals surface area contributed by atoms with E-state index in [2.05, 4.69) is 13.0 Å². The monoisotopic (exact) mass is 334 g/mol. The second-order valence-electron chi connectivity index (χ2n) is 6.90. The number of carbonyl (C=O) groups excluding carboxylic acids is 2. The minimum Gasteiger partial charge on any atom is -0.338 e. The minimum absolute atomic E-state index is 0.0492. The zero-order valence-corrected chi connectivity index (χ0v) is 14.5. The quantitative estimate of drug-likeness (QED) is 0.864. The summed E-state index contributed by atoms with van der Waals surface area (Å²) in [4.78, 5) is 28.4. The summed E-state index contributed by atoms with van der Waals surface area (Å²) in [5.74, 6) is 0.275. The summed E-state index contributed by atoms with van der Waals surface area (Å²) in [6, 6.07) is 13.8. The maximum absolute atomic E-state index is 12.9. The van der Waals surface area contributed by atoms with Gasteiger partial charge in [0.1, 0.15) is 0 Å². The number of anilines is 1. The second-order valence-corrected chi connectivity index (χ2v) is 6.90. The van der Waals surface area contributed by atoms with Crippen molar-refractivity contribution in [2.24, 2.45) is 0 Å². The van der Waals surface area contributed by atoms with Crippen LogP contribution in [0.4, 0.5) is 5.69 Å².